The molecule has 21 heavy (non-hydrogen) atoms. The molecule has 0 unspecified atom stereocenters. The first kappa shape index (κ1) is 17.5. The van der Waals surface area contributed by atoms with Gasteiger partial charge in [0.15, 0.2) is 0 Å². The summed E-state index contributed by atoms with van der Waals surface area (Å²) in [6, 6.07) is 4.04. The maximum Gasteiger partial charge on any atom is 0.341 e. The summed E-state index contributed by atoms with van der Waals surface area (Å²) in [5.41, 5.74) is 2.80. The summed E-state index contributed by atoms with van der Waals surface area (Å²) >= 11 is 0. The molecule has 3 heteroatoms. The average Bonchev–Trinajstić information content (AvgIpc) is 2.46. The van der Waals surface area contributed by atoms with Gasteiger partial charge in [-0.25, -0.2) is 4.79 Å². The van der Waals surface area contributed by atoms with Gasteiger partial charge < -0.3 is 9.47 Å². The Morgan fingerprint density at radius 1 is 1.14 bits per heavy atom. The molecule has 0 N–H and O–H groups in total. The molecular formula is C18H28O3. The van der Waals surface area contributed by atoms with Gasteiger partial charge >= 0.3 is 5.97 Å². The van der Waals surface area contributed by atoms with Gasteiger partial charge in [-0.3, -0.25) is 0 Å². The Labute approximate surface area is 128 Å². The van der Waals surface area contributed by atoms with Crippen LogP contribution < -0.4 is 4.74 Å². The molecule has 0 fully saturated rings. The predicted molar refractivity (Wildman–Crippen MR) is 86.1 cm³/mol. The molecule has 0 spiro atoms. The van der Waals surface area contributed by atoms with E-state index in [2.05, 4.69) is 33.8 Å². The highest BCUT2D eigenvalue weighted by atomic mass is 16.5. The van der Waals surface area contributed by atoms with Crippen molar-refractivity contribution in [3.63, 3.8) is 0 Å². The van der Waals surface area contributed by atoms with Crippen LogP contribution in [0.1, 0.15) is 62.5 Å². The second-order valence-corrected chi connectivity index (χ2v) is 5.59. The van der Waals surface area contributed by atoms with Gasteiger partial charge in [0.05, 0.1) is 13.2 Å². The standard InChI is InChI=1S/C18H28O3/c1-6-14-11-15(7-2)17(21-10-9-13(4)5)16(12-14)18(19)20-8-3/h11-13H,6-10H2,1-5H3. The average molecular weight is 292 g/mol. The van der Waals surface area contributed by atoms with Crippen LogP contribution in [0.4, 0.5) is 0 Å². The summed E-state index contributed by atoms with van der Waals surface area (Å²) in [5, 5.41) is 0. The van der Waals surface area contributed by atoms with Crippen LogP contribution in [0.2, 0.25) is 0 Å². The molecule has 0 aliphatic heterocycles. The van der Waals surface area contributed by atoms with E-state index in [1.165, 1.54) is 0 Å². The monoisotopic (exact) mass is 292 g/mol. The zero-order valence-corrected chi connectivity index (χ0v) is 14.0. The molecule has 0 radical (unpaired) electrons. The molecule has 0 aliphatic carbocycles. The Balaban J connectivity index is 3.12. The minimum Gasteiger partial charge on any atom is -0.492 e. The highest BCUT2D eigenvalue weighted by Gasteiger charge is 2.18. The fourth-order valence-corrected chi connectivity index (χ4v) is 2.15. The third-order valence-corrected chi connectivity index (χ3v) is 3.45. The number of carbonyl (C=O) groups excluding carboxylic acids is 1. The summed E-state index contributed by atoms with van der Waals surface area (Å²) in [6.07, 6.45) is 2.71. The molecule has 0 saturated heterocycles. The van der Waals surface area contributed by atoms with Crippen LogP contribution >= 0.6 is 0 Å². The van der Waals surface area contributed by atoms with Gasteiger partial charge in [0.2, 0.25) is 0 Å². The lowest BCUT2D eigenvalue weighted by molar-refractivity contribution is 0.0521. The number of hydrogen-bond acceptors (Lipinski definition) is 3. The summed E-state index contributed by atoms with van der Waals surface area (Å²) in [7, 11) is 0. The molecule has 0 heterocycles. The van der Waals surface area contributed by atoms with Gasteiger partial charge in [-0.05, 0) is 49.3 Å². The van der Waals surface area contributed by atoms with Crippen molar-refractivity contribution in [2.24, 2.45) is 5.92 Å². The largest absolute Gasteiger partial charge is 0.492 e. The third kappa shape index (κ3) is 5.07. The second-order valence-electron chi connectivity index (χ2n) is 5.59. The lowest BCUT2D eigenvalue weighted by Gasteiger charge is -2.17. The number of ether oxygens (including phenoxy) is 2. The normalized spacial score (nSPS) is 10.8. The molecule has 0 saturated carbocycles. The molecule has 3 nitrogen and oxygen atoms in total. The molecule has 118 valence electrons. The van der Waals surface area contributed by atoms with Crippen LogP contribution in [-0.2, 0) is 17.6 Å². The Bertz CT molecular complexity index is 464. The minimum atomic E-state index is -0.290. The lowest BCUT2D eigenvalue weighted by atomic mass is 10.0. The number of rotatable bonds is 8. The highest BCUT2D eigenvalue weighted by Crippen LogP contribution is 2.28. The van der Waals surface area contributed by atoms with Crippen LogP contribution in [0.3, 0.4) is 0 Å². The first-order valence-corrected chi connectivity index (χ1v) is 7.99. The van der Waals surface area contributed by atoms with Gasteiger partial charge in [0, 0.05) is 0 Å². The topological polar surface area (TPSA) is 35.5 Å². The summed E-state index contributed by atoms with van der Waals surface area (Å²) in [4.78, 5) is 12.2. The number of esters is 1. The fraction of sp³-hybridized carbons (Fsp3) is 0.611. The van der Waals surface area contributed by atoms with E-state index in [0.29, 0.717) is 30.4 Å². The predicted octanol–water partition coefficient (Wildman–Crippen LogP) is 4.41. The highest BCUT2D eigenvalue weighted by molar-refractivity contribution is 5.93. The Hall–Kier alpha value is -1.51. The van der Waals surface area contributed by atoms with Crippen LogP contribution in [0, 0.1) is 5.92 Å². The first-order valence-electron chi connectivity index (χ1n) is 7.99. The van der Waals surface area contributed by atoms with E-state index in [-0.39, 0.29) is 5.97 Å². The van der Waals surface area contributed by atoms with E-state index < -0.39 is 0 Å². The second kappa shape index (κ2) is 8.71. The lowest BCUT2D eigenvalue weighted by Crippen LogP contribution is -2.12. The number of carbonyl (C=O) groups is 1. The van der Waals surface area contributed by atoms with Crippen LogP contribution in [0.5, 0.6) is 5.75 Å². The Kier molecular flexibility index (Phi) is 7.27. The maximum atomic E-state index is 12.2. The molecule has 0 aromatic heterocycles. The van der Waals surface area contributed by atoms with E-state index in [9.17, 15) is 4.79 Å². The van der Waals surface area contributed by atoms with Gasteiger partial charge in [0.25, 0.3) is 0 Å². The molecule has 1 aromatic carbocycles. The molecule has 0 atom stereocenters. The van der Waals surface area contributed by atoms with Crippen molar-refractivity contribution in [1.29, 1.82) is 0 Å². The maximum absolute atomic E-state index is 12.2. The molecular weight excluding hydrogens is 264 g/mol. The fourth-order valence-electron chi connectivity index (χ4n) is 2.15. The quantitative estimate of drug-likeness (QED) is 0.666. The summed E-state index contributed by atoms with van der Waals surface area (Å²) in [5.74, 6) is 0.992. The van der Waals surface area contributed by atoms with Crippen molar-refractivity contribution >= 4 is 5.97 Å². The van der Waals surface area contributed by atoms with E-state index in [1.54, 1.807) is 0 Å². The van der Waals surface area contributed by atoms with Crippen molar-refractivity contribution < 1.29 is 14.3 Å². The Morgan fingerprint density at radius 2 is 1.86 bits per heavy atom. The van der Waals surface area contributed by atoms with Gasteiger partial charge in [-0.15, -0.1) is 0 Å². The van der Waals surface area contributed by atoms with Crippen molar-refractivity contribution in [2.75, 3.05) is 13.2 Å². The Morgan fingerprint density at radius 3 is 2.38 bits per heavy atom. The summed E-state index contributed by atoms with van der Waals surface area (Å²) in [6.45, 7) is 11.3. The van der Waals surface area contributed by atoms with Crippen LogP contribution in [0.25, 0.3) is 0 Å². The molecule has 0 amide bonds. The van der Waals surface area contributed by atoms with E-state index >= 15 is 0 Å². The zero-order valence-electron chi connectivity index (χ0n) is 14.0. The summed E-state index contributed by atoms with van der Waals surface area (Å²) < 4.78 is 11.1. The van der Waals surface area contributed by atoms with E-state index in [4.69, 9.17) is 9.47 Å². The number of aryl methyl sites for hydroxylation is 2. The van der Waals surface area contributed by atoms with Crippen LogP contribution in [-0.4, -0.2) is 19.2 Å². The van der Waals surface area contributed by atoms with Crippen molar-refractivity contribution in [3.05, 3.63) is 28.8 Å². The van der Waals surface area contributed by atoms with Gasteiger partial charge in [-0.2, -0.15) is 0 Å². The molecule has 1 rings (SSSR count). The zero-order chi connectivity index (χ0) is 15.8. The van der Waals surface area contributed by atoms with Gasteiger partial charge in [0.1, 0.15) is 11.3 Å². The molecule has 0 aliphatic rings. The third-order valence-electron chi connectivity index (χ3n) is 3.45. The van der Waals surface area contributed by atoms with Crippen molar-refractivity contribution in [3.8, 4) is 5.75 Å². The SMILES string of the molecule is CCOC(=O)c1cc(CC)cc(CC)c1OCCC(C)C. The molecule has 1 aromatic rings. The van der Waals surface area contributed by atoms with Crippen LogP contribution in [0.15, 0.2) is 12.1 Å². The first-order chi connectivity index (χ1) is 10.0. The number of hydrogen-bond donors (Lipinski definition) is 0. The van der Waals surface area contributed by atoms with Gasteiger partial charge in [-0.1, -0.05) is 33.8 Å². The van der Waals surface area contributed by atoms with E-state index in [0.717, 1.165) is 30.4 Å². The van der Waals surface area contributed by atoms with E-state index in [1.807, 2.05) is 13.0 Å². The molecule has 0 bridgehead atoms. The van der Waals surface area contributed by atoms with Crippen molar-refractivity contribution in [1.82, 2.24) is 0 Å². The number of benzene rings is 1. The minimum absolute atomic E-state index is 0.290. The van der Waals surface area contributed by atoms with Crippen molar-refractivity contribution in [2.45, 2.75) is 53.9 Å². The smallest absolute Gasteiger partial charge is 0.341 e.